The predicted molar refractivity (Wildman–Crippen MR) is 81.1 cm³/mol. The van der Waals surface area contributed by atoms with Crippen LogP contribution in [0.25, 0.3) is 0 Å². The molecule has 0 radical (unpaired) electrons. The van der Waals surface area contributed by atoms with E-state index in [4.69, 9.17) is 16.3 Å². The summed E-state index contributed by atoms with van der Waals surface area (Å²) in [5, 5.41) is 0. The number of carbonyl (C=O) groups is 1. The molecule has 0 saturated carbocycles. The van der Waals surface area contributed by atoms with Crippen molar-refractivity contribution in [3.63, 3.8) is 0 Å². The van der Waals surface area contributed by atoms with E-state index in [-0.39, 0.29) is 17.6 Å². The highest BCUT2D eigenvalue weighted by molar-refractivity contribution is 6.18. The number of benzene rings is 1. The molecule has 0 spiro atoms. The van der Waals surface area contributed by atoms with Crippen molar-refractivity contribution >= 4 is 17.5 Å². The van der Waals surface area contributed by atoms with Crippen molar-refractivity contribution in [3.8, 4) is 0 Å². The Balaban J connectivity index is 2.02. The minimum Gasteiger partial charge on any atom is -0.367 e. The molecule has 20 heavy (non-hydrogen) atoms. The lowest BCUT2D eigenvalue weighted by Crippen LogP contribution is -2.55. The van der Waals surface area contributed by atoms with Gasteiger partial charge in [-0.3, -0.25) is 4.79 Å². The molecule has 1 aliphatic rings. The number of hydrogen-bond acceptors (Lipinski definition) is 2. The molecular formula is C16H22ClNO2. The van der Waals surface area contributed by atoms with Crippen LogP contribution in [-0.2, 0) is 16.0 Å². The van der Waals surface area contributed by atoms with Gasteiger partial charge in [-0.05, 0) is 26.3 Å². The number of amides is 1. The summed E-state index contributed by atoms with van der Waals surface area (Å²) in [5.41, 5.74) is 1.92. The molecule has 1 atom stereocenters. The second-order valence-electron chi connectivity index (χ2n) is 6.09. The lowest BCUT2D eigenvalue weighted by molar-refractivity contribution is -0.156. The Bertz CT molecular complexity index is 470. The van der Waals surface area contributed by atoms with Crippen molar-refractivity contribution in [1.82, 2.24) is 4.90 Å². The summed E-state index contributed by atoms with van der Waals surface area (Å²) in [6, 6.07) is 8.09. The van der Waals surface area contributed by atoms with Crippen molar-refractivity contribution in [2.24, 2.45) is 0 Å². The smallest absolute Gasteiger partial charge is 0.227 e. The first kappa shape index (κ1) is 15.3. The van der Waals surface area contributed by atoms with E-state index in [1.807, 2.05) is 49.9 Å². The molecule has 4 heteroatoms. The SMILES string of the molecule is Cc1ccc(CC(=O)N2CC(CCl)OC(C)(C)C2)cc1. The fraction of sp³-hybridized carbons (Fsp3) is 0.562. The average Bonchev–Trinajstić information content (AvgIpc) is 2.39. The fourth-order valence-corrected chi connectivity index (χ4v) is 2.72. The maximum atomic E-state index is 12.4. The van der Waals surface area contributed by atoms with E-state index in [1.54, 1.807) is 0 Å². The number of halogens is 1. The first-order valence-electron chi connectivity index (χ1n) is 6.97. The van der Waals surface area contributed by atoms with Crippen LogP contribution >= 0.6 is 11.6 Å². The third-order valence-corrected chi connectivity index (χ3v) is 3.83. The first-order valence-corrected chi connectivity index (χ1v) is 7.50. The number of carbonyl (C=O) groups excluding carboxylic acids is 1. The van der Waals surface area contributed by atoms with Crippen LogP contribution in [0.2, 0.25) is 0 Å². The van der Waals surface area contributed by atoms with Crippen molar-refractivity contribution in [1.29, 1.82) is 0 Å². The number of morpholine rings is 1. The van der Waals surface area contributed by atoms with Gasteiger partial charge in [-0.25, -0.2) is 0 Å². The molecule has 0 N–H and O–H groups in total. The Morgan fingerprint density at radius 2 is 2.05 bits per heavy atom. The third kappa shape index (κ3) is 3.97. The van der Waals surface area contributed by atoms with Crippen LogP contribution in [0.4, 0.5) is 0 Å². The molecule has 110 valence electrons. The summed E-state index contributed by atoms with van der Waals surface area (Å²) in [6.07, 6.45) is 0.355. The van der Waals surface area contributed by atoms with Gasteiger partial charge >= 0.3 is 0 Å². The molecule has 0 bridgehead atoms. The quantitative estimate of drug-likeness (QED) is 0.803. The molecule has 1 heterocycles. The van der Waals surface area contributed by atoms with Crippen molar-refractivity contribution in [3.05, 3.63) is 35.4 Å². The third-order valence-electron chi connectivity index (χ3n) is 3.48. The lowest BCUT2D eigenvalue weighted by atomic mass is 10.0. The minimum atomic E-state index is -0.333. The Morgan fingerprint density at radius 1 is 1.40 bits per heavy atom. The van der Waals surface area contributed by atoms with E-state index in [0.717, 1.165) is 5.56 Å². The Hall–Kier alpha value is -1.06. The molecule has 1 unspecified atom stereocenters. The van der Waals surface area contributed by atoms with Crippen LogP contribution in [0, 0.1) is 6.92 Å². The number of hydrogen-bond donors (Lipinski definition) is 0. The molecule has 0 aromatic heterocycles. The van der Waals surface area contributed by atoms with Crippen molar-refractivity contribution in [2.45, 2.75) is 38.9 Å². The molecule has 2 rings (SSSR count). The normalized spacial score (nSPS) is 21.8. The largest absolute Gasteiger partial charge is 0.367 e. The molecule has 1 amide bonds. The van der Waals surface area contributed by atoms with E-state index >= 15 is 0 Å². The van der Waals surface area contributed by atoms with Gasteiger partial charge in [0.2, 0.25) is 5.91 Å². The molecule has 3 nitrogen and oxygen atoms in total. The summed E-state index contributed by atoms with van der Waals surface area (Å²) in [7, 11) is 0. The van der Waals surface area contributed by atoms with Crippen LogP contribution in [0.1, 0.15) is 25.0 Å². The van der Waals surface area contributed by atoms with Crippen molar-refractivity contribution < 1.29 is 9.53 Å². The van der Waals surface area contributed by atoms with Crippen LogP contribution in [-0.4, -0.2) is 41.5 Å². The lowest BCUT2D eigenvalue weighted by Gasteiger charge is -2.42. The highest BCUT2D eigenvalue weighted by atomic mass is 35.5. The van der Waals surface area contributed by atoms with E-state index in [0.29, 0.717) is 25.4 Å². The number of rotatable bonds is 3. The van der Waals surface area contributed by atoms with E-state index < -0.39 is 0 Å². The monoisotopic (exact) mass is 295 g/mol. The van der Waals surface area contributed by atoms with Crippen LogP contribution in [0.3, 0.4) is 0 Å². The number of alkyl halides is 1. The molecule has 1 fully saturated rings. The van der Waals surface area contributed by atoms with Crippen LogP contribution in [0.5, 0.6) is 0 Å². The van der Waals surface area contributed by atoms with Gasteiger partial charge in [-0.15, -0.1) is 11.6 Å². The van der Waals surface area contributed by atoms with Crippen molar-refractivity contribution in [2.75, 3.05) is 19.0 Å². The van der Waals surface area contributed by atoms with Crippen LogP contribution in [0.15, 0.2) is 24.3 Å². The molecule has 1 aromatic carbocycles. The van der Waals surface area contributed by atoms with Crippen LogP contribution < -0.4 is 0 Å². The second kappa shape index (κ2) is 6.15. The zero-order valence-corrected chi connectivity index (χ0v) is 13.1. The second-order valence-corrected chi connectivity index (χ2v) is 6.40. The maximum absolute atomic E-state index is 12.4. The maximum Gasteiger partial charge on any atom is 0.227 e. The van der Waals surface area contributed by atoms with Gasteiger partial charge in [-0.2, -0.15) is 0 Å². The molecule has 1 saturated heterocycles. The Kier molecular flexibility index (Phi) is 4.71. The summed E-state index contributed by atoms with van der Waals surface area (Å²) < 4.78 is 5.84. The number of aryl methyl sites for hydroxylation is 1. The highest BCUT2D eigenvalue weighted by Gasteiger charge is 2.34. The zero-order valence-electron chi connectivity index (χ0n) is 12.4. The Morgan fingerprint density at radius 3 is 2.65 bits per heavy atom. The molecule has 1 aliphatic heterocycles. The first-order chi connectivity index (χ1) is 9.39. The predicted octanol–water partition coefficient (Wildman–Crippen LogP) is 2.78. The van der Waals surface area contributed by atoms with Gasteiger partial charge < -0.3 is 9.64 Å². The Labute approximate surface area is 125 Å². The number of nitrogens with zero attached hydrogens (tertiary/aromatic N) is 1. The minimum absolute atomic E-state index is 0.0811. The molecule has 1 aromatic rings. The molecular weight excluding hydrogens is 274 g/mol. The van der Waals surface area contributed by atoms with E-state index in [9.17, 15) is 4.79 Å². The average molecular weight is 296 g/mol. The summed E-state index contributed by atoms with van der Waals surface area (Å²) in [4.78, 5) is 14.3. The topological polar surface area (TPSA) is 29.5 Å². The van der Waals surface area contributed by atoms with E-state index in [1.165, 1.54) is 5.56 Å². The van der Waals surface area contributed by atoms with E-state index in [2.05, 4.69) is 0 Å². The number of ether oxygens (including phenoxy) is 1. The highest BCUT2D eigenvalue weighted by Crippen LogP contribution is 2.22. The molecule has 0 aliphatic carbocycles. The zero-order chi connectivity index (χ0) is 14.8. The van der Waals surface area contributed by atoms with Gasteiger partial charge in [0, 0.05) is 13.1 Å². The van der Waals surface area contributed by atoms with Gasteiger partial charge in [0.25, 0.3) is 0 Å². The van der Waals surface area contributed by atoms with Gasteiger partial charge in [0.15, 0.2) is 0 Å². The summed E-state index contributed by atoms with van der Waals surface area (Å²) in [6.45, 7) is 7.24. The van der Waals surface area contributed by atoms with Gasteiger partial charge in [0.1, 0.15) is 0 Å². The van der Waals surface area contributed by atoms with Gasteiger partial charge in [-0.1, -0.05) is 29.8 Å². The summed E-state index contributed by atoms with van der Waals surface area (Å²) >= 11 is 5.89. The summed E-state index contributed by atoms with van der Waals surface area (Å²) in [5.74, 6) is 0.554. The fourth-order valence-electron chi connectivity index (χ4n) is 2.56. The standard InChI is InChI=1S/C16H22ClNO2/c1-12-4-6-13(7-5-12)8-15(19)18-10-14(9-17)20-16(2,3)11-18/h4-7,14H,8-11H2,1-3H3. The van der Waals surface area contributed by atoms with Gasteiger partial charge in [0.05, 0.1) is 24.0 Å².